The first-order valence-electron chi connectivity index (χ1n) is 14.0. The van der Waals surface area contributed by atoms with Gasteiger partial charge in [0.1, 0.15) is 17.2 Å². The average Bonchev–Trinajstić information content (AvgIpc) is 2.94. The number of hydrogen-bond donors (Lipinski definition) is 2. The lowest BCUT2D eigenvalue weighted by atomic mass is 10.1. The Morgan fingerprint density at radius 1 is 0.927 bits per heavy atom. The topological polar surface area (TPSA) is 111 Å². The molecule has 0 bridgehead atoms. The molecule has 5 rings (SSSR count). The van der Waals surface area contributed by atoms with Crippen molar-refractivity contribution in [2.75, 3.05) is 67.9 Å². The first-order valence-corrected chi connectivity index (χ1v) is 14.0. The van der Waals surface area contributed by atoms with E-state index in [1.165, 1.54) is 0 Å². The number of aromatic nitrogens is 2. The van der Waals surface area contributed by atoms with Gasteiger partial charge in [0.25, 0.3) is 0 Å². The Hall–Kier alpha value is -4.12. The second-order valence-corrected chi connectivity index (χ2v) is 11.5. The quantitative estimate of drug-likeness (QED) is 0.477. The normalized spacial score (nSPS) is 16.6. The molecule has 2 aliphatic rings. The van der Waals surface area contributed by atoms with Crippen LogP contribution in [0.3, 0.4) is 0 Å². The smallest absolute Gasteiger partial charge is 0.410 e. The second kappa shape index (κ2) is 11.8. The molecule has 1 aromatic heterocycles. The van der Waals surface area contributed by atoms with Gasteiger partial charge in [0, 0.05) is 64.5 Å². The van der Waals surface area contributed by atoms with Gasteiger partial charge in [-0.05, 0) is 56.7 Å². The van der Waals surface area contributed by atoms with E-state index in [1.807, 2.05) is 49.9 Å². The highest BCUT2D eigenvalue weighted by Gasteiger charge is 2.27. The summed E-state index contributed by atoms with van der Waals surface area (Å²) in [4.78, 5) is 20.5. The summed E-state index contributed by atoms with van der Waals surface area (Å²) in [6, 6.07) is 14.3. The summed E-state index contributed by atoms with van der Waals surface area (Å²) in [6.45, 7) is 11.3. The molecular formula is C30H38FN7O3. The number of nitrogens with two attached hydrogens (primary N) is 1. The van der Waals surface area contributed by atoms with Gasteiger partial charge in [-0.1, -0.05) is 18.2 Å². The number of nitrogen functional groups attached to an aromatic ring is 1. The fourth-order valence-electron chi connectivity index (χ4n) is 5.23. The zero-order chi connectivity index (χ0) is 29.1. The third kappa shape index (κ3) is 6.79. The molecule has 0 aliphatic carbocycles. The Bertz CT molecular complexity index is 1380. The summed E-state index contributed by atoms with van der Waals surface area (Å²) in [7, 11) is 0. The van der Waals surface area contributed by atoms with Crippen LogP contribution in [0.1, 0.15) is 26.3 Å². The number of aromatic hydroxyl groups is 1. The van der Waals surface area contributed by atoms with Crippen molar-refractivity contribution in [3.8, 4) is 17.0 Å². The standard InChI is InChI=1S/C30H38FN7O3/c1-30(2,3)41-29(40)38-16-14-36(15-17-38)25-9-8-21(18-23(25)31)20-35-10-12-37(13-11-35)26-19-24(33-34-28(26)32)22-6-4-5-7-27(22)39/h4-9,18-19,39H,10-17,20H2,1-3H3,(H2,32,34). The van der Waals surface area contributed by atoms with Crippen LogP contribution in [0.25, 0.3) is 11.3 Å². The molecule has 3 heterocycles. The van der Waals surface area contributed by atoms with Crippen molar-refractivity contribution in [3.05, 3.63) is 59.9 Å². The molecule has 218 valence electrons. The summed E-state index contributed by atoms with van der Waals surface area (Å²) in [5.74, 6) is 0.241. The van der Waals surface area contributed by atoms with Crippen LogP contribution in [0, 0.1) is 5.82 Å². The number of halogens is 1. The summed E-state index contributed by atoms with van der Waals surface area (Å²) in [6.07, 6.45) is -0.327. The maximum absolute atomic E-state index is 15.2. The maximum Gasteiger partial charge on any atom is 0.410 e. The number of phenolic OH excluding ortho intramolecular Hbond substituents is 1. The van der Waals surface area contributed by atoms with Crippen LogP contribution in [0.15, 0.2) is 48.5 Å². The minimum Gasteiger partial charge on any atom is -0.507 e. The lowest BCUT2D eigenvalue weighted by Gasteiger charge is -2.37. The van der Waals surface area contributed by atoms with Crippen LogP contribution < -0.4 is 15.5 Å². The molecule has 0 unspecified atom stereocenters. The molecule has 3 N–H and O–H groups in total. The van der Waals surface area contributed by atoms with Crippen LogP contribution in [0.2, 0.25) is 0 Å². The van der Waals surface area contributed by atoms with Gasteiger partial charge in [0.05, 0.1) is 17.1 Å². The lowest BCUT2D eigenvalue weighted by molar-refractivity contribution is 0.0240. The van der Waals surface area contributed by atoms with Crippen molar-refractivity contribution in [2.45, 2.75) is 32.9 Å². The molecule has 0 saturated carbocycles. The van der Waals surface area contributed by atoms with E-state index in [4.69, 9.17) is 10.5 Å². The van der Waals surface area contributed by atoms with E-state index >= 15 is 4.39 Å². The largest absolute Gasteiger partial charge is 0.507 e. The number of carbonyl (C=O) groups excluding carboxylic acids is 1. The van der Waals surface area contributed by atoms with Crippen LogP contribution in [-0.2, 0) is 11.3 Å². The zero-order valence-corrected chi connectivity index (χ0v) is 23.9. The van der Waals surface area contributed by atoms with Gasteiger partial charge in [-0.25, -0.2) is 9.18 Å². The highest BCUT2D eigenvalue weighted by Crippen LogP contribution is 2.32. The van der Waals surface area contributed by atoms with Gasteiger partial charge in [0.15, 0.2) is 5.82 Å². The molecule has 1 amide bonds. The molecular weight excluding hydrogens is 525 g/mol. The summed E-state index contributed by atoms with van der Waals surface area (Å²) >= 11 is 0. The molecule has 2 aromatic carbocycles. The number of hydrogen-bond acceptors (Lipinski definition) is 9. The molecule has 2 aliphatic heterocycles. The zero-order valence-electron chi connectivity index (χ0n) is 23.9. The molecule has 3 aromatic rings. The molecule has 0 spiro atoms. The summed E-state index contributed by atoms with van der Waals surface area (Å²) in [5, 5.41) is 18.5. The van der Waals surface area contributed by atoms with E-state index in [-0.39, 0.29) is 17.7 Å². The molecule has 41 heavy (non-hydrogen) atoms. The first kappa shape index (κ1) is 28.4. The van der Waals surface area contributed by atoms with Crippen molar-refractivity contribution in [2.24, 2.45) is 0 Å². The third-order valence-corrected chi connectivity index (χ3v) is 7.38. The Kier molecular flexibility index (Phi) is 8.16. The van der Waals surface area contributed by atoms with Crippen molar-refractivity contribution in [1.29, 1.82) is 0 Å². The van der Waals surface area contributed by atoms with E-state index in [1.54, 1.807) is 29.2 Å². The Morgan fingerprint density at radius 2 is 1.59 bits per heavy atom. The van der Waals surface area contributed by atoms with Crippen LogP contribution in [-0.4, -0.2) is 89.2 Å². The van der Waals surface area contributed by atoms with E-state index in [0.29, 0.717) is 55.5 Å². The minimum absolute atomic E-state index is 0.142. The van der Waals surface area contributed by atoms with Crippen LogP contribution in [0.5, 0.6) is 5.75 Å². The predicted molar refractivity (Wildman–Crippen MR) is 157 cm³/mol. The molecule has 11 heteroatoms. The SMILES string of the molecule is CC(C)(C)OC(=O)N1CCN(c2ccc(CN3CCN(c4cc(-c5ccccc5O)nnc4N)CC3)cc2F)CC1. The number of piperazine rings is 2. The van der Waals surface area contributed by atoms with E-state index in [9.17, 15) is 9.90 Å². The number of benzene rings is 2. The van der Waals surface area contributed by atoms with Gasteiger partial charge in [-0.2, -0.15) is 0 Å². The second-order valence-electron chi connectivity index (χ2n) is 11.5. The number of amides is 1. The van der Waals surface area contributed by atoms with Gasteiger partial charge in [-0.3, -0.25) is 4.90 Å². The lowest BCUT2D eigenvalue weighted by Crippen LogP contribution is -2.50. The molecule has 2 fully saturated rings. The fourth-order valence-corrected chi connectivity index (χ4v) is 5.23. The van der Waals surface area contributed by atoms with Crippen molar-refractivity contribution in [1.82, 2.24) is 20.0 Å². The number of phenols is 1. The number of para-hydroxylation sites is 1. The van der Waals surface area contributed by atoms with Crippen molar-refractivity contribution in [3.63, 3.8) is 0 Å². The monoisotopic (exact) mass is 563 g/mol. The Labute approximate surface area is 240 Å². The number of rotatable bonds is 5. The van der Waals surface area contributed by atoms with E-state index < -0.39 is 5.60 Å². The van der Waals surface area contributed by atoms with Crippen molar-refractivity contribution >= 4 is 23.3 Å². The number of carbonyl (C=O) groups is 1. The molecule has 10 nitrogen and oxygen atoms in total. The van der Waals surface area contributed by atoms with E-state index in [0.717, 1.165) is 37.4 Å². The molecule has 0 radical (unpaired) electrons. The third-order valence-electron chi connectivity index (χ3n) is 7.38. The van der Waals surface area contributed by atoms with Gasteiger partial charge < -0.3 is 30.3 Å². The van der Waals surface area contributed by atoms with Gasteiger partial charge in [-0.15, -0.1) is 10.2 Å². The maximum atomic E-state index is 15.2. The van der Waals surface area contributed by atoms with Crippen LogP contribution in [0.4, 0.5) is 26.4 Å². The summed E-state index contributed by atoms with van der Waals surface area (Å²) in [5.41, 5.74) is 9.07. The van der Waals surface area contributed by atoms with Gasteiger partial charge >= 0.3 is 6.09 Å². The van der Waals surface area contributed by atoms with Crippen molar-refractivity contribution < 1.29 is 19.0 Å². The molecule has 2 saturated heterocycles. The Morgan fingerprint density at radius 3 is 2.24 bits per heavy atom. The van der Waals surface area contributed by atoms with E-state index in [2.05, 4.69) is 20.0 Å². The summed E-state index contributed by atoms with van der Waals surface area (Å²) < 4.78 is 20.6. The fraction of sp³-hybridized carbons (Fsp3) is 0.433. The average molecular weight is 564 g/mol. The highest BCUT2D eigenvalue weighted by molar-refractivity contribution is 5.74. The number of nitrogens with zero attached hydrogens (tertiary/aromatic N) is 6. The number of ether oxygens (including phenoxy) is 1. The minimum atomic E-state index is -0.539. The van der Waals surface area contributed by atoms with Gasteiger partial charge in [0.2, 0.25) is 0 Å². The highest BCUT2D eigenvalue weighted by atomic mass is 19.1. The first-order chi connectivity index (χ1) is 19.6. The molecule has 0 atom stereocenters. The predicted octanol–water partition coefficient (Wildman–Crippen LogP) is 3.95. The van der Waals surface area contributed by atoms with Crippen LogP contribution >= 0.6 is 0 Å². The Balaban J connectivity index is 1.15. The number of anilines is 3.